The number of aromatic nitrogens is 2. The van der Waals surface area contributed by atoms with Crippen LogP contribution < -0.4 is 20.7 Å². The first kappa shape index (κ1) is 21.6. The summed E-state index contributed by atoms with van der Waals surface area (Å²) in [5, 5.41) is 16.2. The minimum absolute atomic E-state index is 0.0351. The molecule has 1 aromatic carbocycles. The van der Waals surface area contributed by atoms with Crippen LogP contribution in [-0.4, -0.2) is 34.2 Å². The lowest BCUT2D eigenvalue weighted by Gasteiger charge is -2.30. The number of halogens is 2. The molecule has 8 nitrogen and oxygen atoms in total. The van der Waals surface area contributed by atoms with Crippen molar-refractivity contribution in [3.63, 3.8) is 0 Å². The van der Waals surface area contributed by atoms with Crippen LogP contribution in [0.4, 0.5) is 5.82 Å². The van der Waals surface area contributed by atoms with E-state index in [1.165, 1.54) is 17.4 Å². The number of rotatable bonds is 6. The van der Waals surface area contributed by atoms with Gasteiger partial charge in [-0.15, -0.1) is 11.3 Å². The average molecular weight is 480 g/mol. The molecule has 2 amide bonds. The van der Waals surface area contributed by atoms with E-state index in [1.807, 2.05) is 24.4 Å². The lowest BCUT2D eigenvalue weighted by Crippen LogP contribution is -2.52. The fraction of sp³-hybridized carbons (Fsp3) is 0.250. The van der Waals surface area contributed by atoms with Gasteiger partial charge in [0, 0.05) is 23.6 Å². The molecule has 3 heterocycles. The van der Waals surface area contributed by atoms with E-state index >= 15 is 0 Å². The van der Waals surface area contributed by atoms with Gasteiger partial charge in [-0.3, -0.25) is 14.9 Å². The van der Waals surface area contributed by atoms with Crippen LogP contribution >= 0.6 is 34.5 Å². The summed E-state index contributed by atoms with van der Waals surface area (Å²) in [5.74, 6) is 0.276. The topological polar surface area (TPSA) is 97.3 Å². The van der Waals surface area contributed by atoms with Gasteiger partial charge >= 0.3 is 0 Å². The van der Waals surface area contributed by atoms with Crippen LogP contribution in [0.25, 0.3) is 10.6 Å². The lowest BCUT2D eigenvalue weighted by atomic mass is 10.2. The largest absolute Gasteiger partial charge is 0.482 e. The first-order valence-electron chi connectivity index (χ1n) is 9.45. The monoisotopic (exact) mass is 479 g/mol. The van der Waals surface area contributed by atoms with Gasteiger partial charge in [0.15, 0.2) is 12.9 Å². The van der Waals surface area contributed by atoms with Crippen LogP contribution in [0.2, 0.25) is 10.0 Å². The molecule has 162 valence electrons. The molecule has 0 radical (unpaired) electrons. The number of benzene rings is 1. The molecule has 0 bridgehead atoms. The van der Waals surface area contributed by atoms with Crippen molar-refractivity contribution in [3.8, 4) is 16.3 Å². The average Bonchev–Trinajstić information content (AvgIpc) is 3.36. The second kappa shape index (κ2) is 9.27. The Labute approximate surface area is 192 Å². The molecule has 2 unspecified atom stereocenters. The van der Waals surface area contributed by atoms with E-state index in [0.717, 1.165) is 4.88 Å². The minimum Gasteiger partial charge on any atom is -0.482 e. The smallest absolute Gasteiger partial charge is 0.263 e. The van der Waals surface area contributed by atoms with Crippen molar-refractivity contribution in [1.29, 1.82) is 0 Å². The highest BCUT2D eigenvalue weighted by molar-refractivity contribution is 7.13. The van der Waals surface area contributed by atoms with E-state index in [1.54, 1.807) is 22.9 Å². The molecule has 1 saturated heterocycles. The highest BCUT2D eigenvalue weighted by atomic mass is 35.5. The second-order valence-electron chi connectivity index (χ2n) is 6.99. The van der Waals surface area contributed by atoms with Crippen molar-refractivity contribution in [1.82, 2.24) is 20.4 Å². The Morgan fingerprint density at radius 1 is 1.35 bits per heavy atom. The molecule has 4 rings (SSSR count). The van der Waals surface area contributed by atoms with Crippen molar-refractivity contribution >= 4 is 52.2 Å². The minimum atomic E-state index is -0.591. The molecule has 0 spiro atoms. The number of amides is 2. The molecule has 3 aromatic rings. The Morgan fingerprint density at radius 3 is 2.90 bits per heavy atom. The predicted molar refractivity (Wildman–Crippen MR) is 121 cm³/mol. The summed E-state index contributed by atoms with van der Waals surface area (Å²) >= 11 is 13.5. The van der Waals surface area contributed by atoms with Crippen LogP contribution in [0.5, 0.6) is 5.75 Å². The van der Waals surface area contributed by atoms with Gasteiger partial charge in [-0.1, -0.05) is 29.3 Å². The van der Waals surface area contributed by atoms with Crippen molar-refractivity contribution < 1.29 is 14.3 Å². The molecule has 3 N–H and O–H groups in total. The summed E-state index contributed by atoms with van der Waals surface area (Å²) in [4.78, 5) is 25.5. The third-order valence-electron chi connectivity index (χ3n) is 4.51. The number of anilines is 1. The molecule has 2 aromatic heterocycles. The Balaban J connectivity index is 1.53. The first-order chi connectivity index (χ1) is 14.9. The van der Waals surface area contributed by atoms with Crippen molar-refractivity contribution in [2.24, 2.45) is 0 Å². The van der Waals surface area contributed by atoms with Crippen LogP contribution in [0, 0.1) is 0 Å². The van der Waals surface area contributed by atoms with E-state index < -0.39 is 12.2 Å². The van der Waals surface area contributed by atoms with Crippen LogP contribution in [0.3, 0.4) is 0 Å². The SMILES string of the molecule is CC1CC(=O)NC(n2nc(-c3cccs3)cc2NC(=O)COc2ccc(Cl)cc2Cl)N1. The summed E-state index contributed by atoms with van der Waals surface area (Å²) in [5.41, 5.74) is 0.682. The zero-order valence-electron chi connectivity index (χ0n) is 16.4. The third kappa shape index (κ3) is 5.19. The lowest BCUT2D eigenvalue weighted by molar-refractivity contribution is -0.125. The van der Waals surface area contributed by atoms with Gasteiger partial charge in [-0.25, -0.2) is 4.68 Å². The van der Waals surface area contributed by atoms with Gasteiger partial charge in [-0.2, -0.15) is 5.10 Å². The molecule has 0 saturated carbocycles. The Hall–Kier alpha value is -2.59. The first-order valence-corrected chi connectivity index (χ1v) is 11.1. The number of thiophene rings is 1. The van der Waals surface area contributed by atoms with Crippen LogP contribution in [-0.2, 0) is 9.59 Å². The second-order valence-corrected chi connectivity index (χ2v) is 8.78. The maximum atomic E-state index is 12.6. The zero-order chi connectivity index (χ0) is 22.0. The predicted octanol–water partition coefficient (Wildman–Crippen LogP) is 3.89. The molecule has 2 atom stereocenters. The van der Waals surface area contributed by atoms with Gasteiger partial charge in [0.05, 0.1) is 9.90 Å². The fourth-order valence-corrected chi connectivity index (χ4v) is 4.28. The molecular weight excluding hydrogens is 461 g/mol. The number of hydrogen-bond donors (Lipinski definition) is 3. The molecule has 1 aliphatic heterocycles. The maximum absolute atomic E-state index is 12.6. The van der Waals surface area contributed by atoms with E-state index in [-0.39, 0.29) is 18.6 Å². The van der Waals surface area contributed by atoms with Crippen LogP contribution in [0.1, 0.15) is 19.6 Å². The van der Waals surface area contributed by atoms with Gasteiger partial charge in [-0.05, 0) is 36.6 Å². The molecule has 1 fully saturated rings. The van der Waals surface area contributed by atoms with E-state index in [4.69, 9.17) is 27.9 Å². The molecule has 0 aliphatic carbocycles. The summed E-state index contributed by atoms with van der Waals surface area (Å²) in [6.45, 7) is 1.65. The van der Waals surface area contributed by atoms with Crippen molar-refractivity contribution in [3.05, 3.63) is 51.8 Å². The highest BCUT2D eigenvalue weighted by Crippen LogP contribution is 2.29. The number of carbonyl (C=O) groups excluding carboxylic acids is 2. The summed E-state index contributed by atoms with van der Waals surface area (Å²) in [6.07, 6.45) is -0.223. The van der Waals surface area contributed by atoms with Crippen molar-refractivity contribution in [2.45, 2.75) is 25.7 Å². The van der Waals surface area contributed by atoms with Crippen LogP contribution in [0.15, 0.2) is 41.8 Å². The maximum Gasteiger partial charge on any atom is 0.263 e. The Kier molecular flexibility index (Phi) is 6.47. The number of carbonyl (C=O) groups is 2. The van der Waals surface area contributed by atoms with E-state index in [0.29, 0.717) is 33.7 Å². The number of hydrogen-bond acceptors (Lipinski definition) is 6. The number of ether oxygens (including phenoxy) is 1. The summed E-state index contributed by atoms with van der Waals surface area (Å²) < 4.78 is 7.06. The quantitative estimate of drug-likeness (QED) is 0.498. The normalized spacial score (nSPS) is 18.5. The van der Waals surface area contributed by atoms with Gasteiger partial charge in [0.2, 0.25) is 5.91 Å². The highest BCUT2D eigenvalue weighted by Gasteiger charge is 2.27. The third-order valence-corrected chi connectivity index (χ3v) is 5.93. The van der Waals surface area contributed by atoms with E-state index in [9.17, 15) is 9.59 Å². The Bertz CT molecular complexity index is 1100. The number of nitrogens with one attached hydrogen (secondary N) is 3. The molecular formula is C20H19Cl2N5O3S. The summed E-state index contributed by atoms with van der Waals surface area (Å²) in [7, 11) is 0. The standard InChI is InChI=1S/C20H19Cl2N5O3S/c1-11-7-18(28)25-20(23-11)27-17(9-14(26-27)16-3-2-6-31-16)24-19(29)10-30-15-5-4-12(21)8-13(15)22/h2-6,8-9,11,20,23H,7,10H2,1H3,(H,24,29)(H,25,28). The zero-order valence-corrected chi connectivity index (χ0v) is 18.7. The van der Waals surface area contributed by atoms with Gasteiger partial charge < -0.3 is 15.4 Å². The summed E-state index contributed by atoms with van der Waals surface area (Å²) in [6, 6.07) is 10.3. The molecule has 1 aliphatic rings. The van der Waals surface area contributed by atoms with E-state index in [2.05, 4.69) is 21.0 Å². The van der Waals surface area contributed by atoms with Crippen molar-refractivity contribution in [2.75, 3.05) is 11.9 Å². The van der Waals surface area contributed by atoms with Gasteiger partial charge in [0.25, 0.3) is 5.91 Å². The molecule has 31 heavy (non-hydrogen) atoms. The number of nitrogens with zero attached hydrogens (tertiary/aromatic N) is 2. The molecule has 11 heteroatoms. The fourth-order valence-electron chi connectivity index (χ4n) is 3.14. The van der Waals surface area contributed by atoms with Gasteiger partial charge in [0.1, 0.15) is 17.3 Å². The Morgan fingerprint density at radius 2 is 2.19 bits per heavy atom.